The minimum absolute atomic E-state index is 0. The summed E-state index contributed by atoms with van der Waals surface area (Å²) in [6, 6.07) is 12.3. The van der Waals surface area contributed by atoms with Crippen LogP contribution in [-0.2, 0) is 4.79 Å². The van der Waals surface area contributed by atoms with Gasteiger partial charge in [0, 0.05) is 38.6 Å². The molecule has 5 nitrogen and oxygen atoms in total. The summed E-state index contributed by atoms with van der Waals surface area (Å²) >= 11 is 0. The Morgan fingerprint density at radius 1 is 0.893 bits per heavy atom. The van der Waals surface area contributed by atoms with Gasteiger partial charge in [-0.2, -0.15) is 0 Å². The maximum atomic E-state index is 13.8. The largest absolute Gasteiger partial charge is 0.339 e. The molecule has 8 heteroatoms. The fraction of sp³-hybridized carbons (Fsp3) is 0.300. The number of carbonyl (C=O) groups excluding carboxylic acids is 2. The van der Waals surface area contributed by atoms with Gasteiger partial charge in [-0.15, -0.1) is 12.4 Å². The van der Waals surface area contributed by atoms with Crippen LogP contribution < -0.4 is 5.73 Å². The zero-order chi connectivity index (χ0) is 19.4. The Morgan fingerprint density at radius 3 is 2.00 bits per heavy atom. The van der Waals surface area contributed by atoms with Gasteiger partial charge in [0.05, 0.1) is 0 Å². The molecule has 2 amide bonds. The van der Waals surface area contributed by atoms with E-state index in [2.05, 4.69) is 0 Å². The summed E-state index contributed by atoms with van der Waals surface area (Å²) in [5, 5.41) is 0. The maximum Gasteiger partial charge on any atom is 0.259 e. The molecule has 2 N–H and O–H groups in total. The van der Waals surface area contributed by atoms with Crippen molar-refractivity contribution in [2.75, 3.05) is 26.2 Å². The van der Waals surface area contributed by atoms with Crippen molar-refractivity contribution in [2.24, 2.45) is 5.73 Å². The number of piperazine rings is 1. The van der Waals surface area contributed by atoms with E-state index in [4.69, 9.17) is 5.73 Å². The van der Waals surface area contributed by atoms with Crippen molar-refractivity contribution in [1.29, 1.82) is 0 Å². The molecule has 3 rings (SSSR count). The first-order chi connectivity index (χ1) is 13.0. The van der Waals surface area contributed by atoms with Gasteiger partial charge in [0.2, 0.25) is 5.91 Å². The summed E-state index contributed by atoms with van der Waals surface area (Å²) in [4.78, 5) is 27.9. The van der Waals surface area contributed by atoms with Crippen LogP contribution >= 0.6 is 12.4 Å². The van der Waals surface area contributed by atoms with Gasteiger partial charge in [-0.05, 0) is 17.7 Å². The van der Waals surface area contributed by atoms with Crippen molar-refractivity contribution in [1.82, 2.24) is 9.80 Å². The maximum absolute atomic E-state index is 13.8. The van der Waals surface area contributed by atoms with Crippen molar-refractivity contribution < 1.29 is 18.4 Å². The van der Waals surface area contributed by atoms with E-state index in [1.807, 2.05) is 30.3 Å². The zero-order valence-electron chi connectivity index (χ0n) is 15.2. The smallest absolute Gasteiger partial charge is 0.259 e. The lowest BCUT2D eigenvalue weighted by molar-refractivity contribution is -0.133. The highest BCUT2D eigenvalue weighted by molar-refractivity contribution is 5.95. The molecule has 150 valence electrons. The second kappa shape index (κ2) is 9.61. The topological polar surface area (TPSA) is 66.6 Å². The van der Waals surface area contributed by atoms with Gasteiger partial charge in [-0.1, -0.05) is 36.4 Å². The number of nitrogens with zero attached hydrogens (tertiary/aromatic N) is 2. The molecule has 0 aromatic heterocycles. The molecule has 0 saturated carbocycles. The van der Waals surface area contributed by atoms with Crippen molar-refractivity contribution >= 4 is 24.2 Å². The fourth-order valence-corrected chi connectivity index (χ4v) is 3.15. The number of hydrogen-bond acceptors (Lipinski definition) is 3. The molecule has 0 radical (unpaired) electrons. The van der Waals surface area contributed by atoms with Crippen LogP contribution in [0.2, 0.25) is 0 Å². The van der Waals surface area contributed by atoms with Crippen LogP contribution in [0.5, 0.6) is 0 Å². The Kier molecular flexibility index (Phi) is 7.48. The summed E-state index contributed by atoms with van der Waals surface area (Å²) in [5.74, 6) is -2.56. The molecular weight excluding hydrogens is 388 g/mol. The summed E-state index contributed by atoms with van der Waals surface area (Å²) in [7, 11) is 0. The van der Waals surface area contributed by atoms with E-state index >= 15 is 0 Å². The van der Waals surface area contributed by atoms with Crippen LogP contribution in [0.4, 0.5) is 8.78 Å². The monoisotopic (exact) mass is 409 g/mol. The highest BCUT2D eigenvalue weighted by Crippen LogP contribution is 2.18. The average molecular weight is 410 g/mol. The molecule has 1 fully saturated rings. The third-order valence-electron chi connectivity index (χ3n) is 4.72. The Hall–Kier alpha value is -2.51. The first-order valence-electron chi connectivity index (χ1n) is 8.79. The van der Waals surface area contributed by atoms with E-state index < -0.39 is 29.1 Å². The lowest BCUT2D eigenvalue weighted by Gasteiger charge is -2.35. The van der Waals surface area contributed by atoms with E-state index in [0.29, 0.717) is 13.1 Å². The molecule has 1 atom stereocenters. The fourth-order valence-electron chi connectivity index (χ4n) is 3.15. The van der Waals surface area contributed by atoms with Crippen LogP contribution in [0.15, 0.2) is 48.5 Å². The highest BCUT2D eigenvalue weighted by Gasteiger charge is 2.28. The summed E-state index contributed by atoms with van der Waals surface area (Å²) in [5.41, 5.74) is 6.42. The molecular formula is C20H22ClF2N3O2. The molecule has 0 bridgehead atoms. The SMILES string of the molecule is Cl.NC(CC(=O)N1CCN(C(=O)c2c(F)cccc2F)CC1)c1ccccc1. The lowest BCUT2D eigenvalue weighted by atomic mass is 10.0. The van der Waals surface area contributed by atoms with Gasteiger partial charge in [-0.3, -0.25) is 9.59 Å². The standard InChI is InChI=1S/C20H21F2N3O2.ClH/c21-15-7-4-8-16(22)19(15)20(27)25-11-9-24(10-12-25)18(26)13-17(23)14-5-2-1-3-6-14;/h1-8,17H,9-13,23H2;1H. The lowest BCUT2D eigenvalue weighted by Crippen LogP contribution is -2.51. The van der Waals surface area contributed by atoms with Crippen molar-refractivity contribution in [3.63, 3.8) is 0 Å². The molecule has 28 heavy (non-hydrogen) atoms. The molecule has 1 aliphatic heterocycles. The third kappa shape index (κ3) is 4.85. The summed E-state index contributed by atoms with van der Waals surface area (Å²) in [6.07, 6.45) is 0.167. The van der Waals surface area contributed by atoms with Crippen LogP contribution in [0.1, 0.15) is 28.4 Å². The third-order valence-corrected chi connectivity index (χ3v) is 4.72. The average Bonchev–Trinajstić information content (AvgIpc) is 2.68. The number of hydrogen-bond donors (Lipinski definition) is 1. The van der Waals surface area contributed by atoms with Gasteiger partial charge in [-0.25, -0.2) is 8.78 Å². The van der Waals surface area contributed by atoms with E-state index in [9.17, 15) is 18.4 Å². The molecule has 2 aromatic rings. The zero-order valence-corrected chi connectivity index (χ0v) is 16.0. The minimum atomic E-state index is -0.882. The van der Waals surface area contributed by atoms with Crippen LogP contribution in [0, 0.1) is 11.6 Å². The molecule has 0 spiro atoms. The quantitative estimate of drug-likeness (QED) is 0.844. The molecule has 1 unspecified atom stereocenters. The Balaban J connectivity index is 0.00000280. The summed E-state index contributed by atoms with van der Waals surface area (Å²) < 4.78 is 27.6. The van der Waals surface area contributed by atoms with Gasteiger partial charge in [0.25, 0.3) is 5.91 Å². The normalized spacial score (nSPS) is 15.0. The van der Waals surface area contributed by atoms with Gasteiger partial charge in [0.15, 0.2) is 0 Å². The molecule has 1 aliphatic rings. The molecule has 1 heterocycles. The van der Waals surface area contributed by atoms with Crippen molar-refractivity contribution in [2.45, 2.75) is 12.5 Å². The predicted molar refractivity (Wildman–Crippen MR) is 104 cm³/mol. The van der Waals surface area contributed by atoms with Crippen molar-refractivity contribution in [3.8, 4) is 0 Å². The molecule has 2 aromatic carbocycles. The minimum Gasteiger partial charge on any atom is -0.339 e. The number of rotatable bonds is 4. The van der Waals surface area contributed by atoms with E-state index in [1.54, 1.807) is 4.90 Å². The first-order valence-corrected chi connectivity index (χ1v) is 8.79. The number of benzene rings is 2. The van der Waals surface area contributed by atoms with Crippen LogP contribution in [0.25, 0.3) is 0 Å². The summed E-state index contributed by atoms with van der Waals surface area (Å²) in [6.45, 7) is 1.06. The Morgan fingerprint density at radius 2 is 1.43 bits per heavy atom. The van der Waals surface area contributed by atoms with Gasteiger partial charge >= 0.3 is 0 Å². The first kappa shape index (κ1) is 21.8. The van der Waals surface area contributed by atoms with E-state index in [1.165, 1.54) is 11.0 Å². The predicted octanol–water partition coefficient (Wildman–Crippen LogP) is 2.76. The molecule has 0 aliphatic carbocycles. The second-order valence-corrected chi connectivity index (χ2v) is 6.49. The second-order valence-electron chi connectivity index (χ2n) is 6.49. The van der Waals surface area contributed by atoms with Gasteiger partial charge in [0.1, 0.15) is 17.2 Å². The van der Waals surface area contributed by atoms with Crippen LogP contribution in [-0.4, -0.2) is 47.8 Å². The Labute approximate surface area is 168 Å². The number of halogens is 3. The number of amides is 2. The van der Waals surface area contributed by atoms with E-state index in [-0.39, 0.29) is 37.8 Å². The molecule has 1 saturated heterocycles. The van der Waals surface area contributed by atoms with Crippen molar-refractivity contribution in [3.05, 3.63) is 71.3 Å². The Bertz CT molecular complexity index is 807. The van der Waals surface area contributed by atoms with Crippen LogP contribution in [0.3, 0.4) is 0 Å². The van der Waals surface area contributed by atoms with Gasteiger partial charge < -0.3 is 15.5 Å². The number of nitrogens with two attached hydrogens (primary N) is 1. The number of carbonyl (C=O) groups is 2. The van der Waals surface area contributed by atoms with E-state index in [0.717, 1.165) is 17.7 Å². The highest BCUT2D eigenvalue weighted by atomic mass is 35.5.